The van der Waals surface area contributed by atoms with E-state index in [4.69, 9.17) is 9.47 Å². The van der Waals surface area contributed by atoms with Crippen LogP contribution in [-0.4, -0.2) is 32.1 Å². The van der Waals surface area contributed by atoms with E-state index in [9.17, 15) is 9.59 Å². The van der Waals surface area contributed by atoms with Gasteiger partial charge < -0.3 is 20.1 Å². The molecule has 0 radical (unpaired) electrons. The quantitative estimate of drug-likeness (QED) is 0.528. The third kappa shape index (κ3) is 6.77. The number of carbonyl (C=O) groups excluding carboxylic acids is 2. The molecule has 0 saturated carbocycles. The van der Waals surface area contributed by atoms with E-state index >= 15 is 0 Å². The number of rotatable bonds is 8. The maximum absolute atomic E-state index is 12.4. The molecule has 0 bridgehead atoms. The number of nitrogens with one attached hydrogen (secondary N) is 2. The smallest absolute Gasteiger partial charge is 0.313 e. The predicted molar refractivity (Wildman–Crippen MR) is 108 cm³/mol. The van der Waals surface area contributed by atoms with Crippen LogP contribution in [0.2, 0.25) is 0 Å². The Labute approximate surface area is 163 Å². The summed E-state index contributed by atoms with van der Waals surface area (Å²) in [5.74, 6) is -0.247. The van der Waals surface area contributed by atoms with E-state index in [0.717, 1.165) is 31.2 Å². The van der Waals surface area contributed by atoms with Crippen molar-refractivity contribution >= 4 is 17.5 Å². The minimum atomic E-state index is -0.685. The summed E-state index contributed by atoms with van der Waals surface area (Å²) in [6, 6.07) is 3.35. The van der Waals surface area contributed by atoms with Crippen LogP contribution in [0.4, 0.5) is 5.69 Å². The van der Waals surface area contributed by atoms with Gasteiger partial charge in [-0.2, -0.15) is 0 Å². The van der Waals surface area contributed by atoms with E-state index in [0.29, 0.717) is 17.2 Å². The van der Waals surface area contributed by atoms with Crippen LogP contribution in [-0.2, 0) is 9.59 Å². The van der Waals surface area contributed by atoms with Crippen LogP contribution in [0.3, 0.4) is 0 Å². The molecule has 0 aliphatic rings. The molecule has 0 aromatic heterocycles. The number of unbranched alkanes of at least 4 members (excludes halogenated alkanes) is 2. The van der Waals surface area contributed by atoms with Crippen molar-refractivity contribution in [2.24, 2.45) is 5.41 Å². The first-order valence-electron chi connectivity index (χ1n) is 9.48. The molecule has 1 atom stereocenters. The molecule has 1 rings (SSSR count). The Balaban J connectivity index is 2.85. The highest BCUT2D eigenvalue weighted by Crippen LogP contribution is 2.33. The average molecular weight is 379 g/mol. The second-order valence-corrected chi connectivity index (χ2v) is 7.86. The number of methoxy groups -OCH3 is 2. The predicted octanol–water partition coefficient (Wildman–Crippen LogP) is 4.06. The van der Waals surface area contributed by atoms with Crippen LogP contribution in [0.25, 0.3) is 0 Å². The molecule has 27 heavy (non-hydrogen) atoms. The zero-order chi connectivity index (χ0) is 20.6. The summed E-state index contributed by atoms with van der Waals surface area (Å²) < 4.78 is 10.5. The molecular formula is C21H34N2O4. The lowest BCUT2D eigenvalue weighted by molar-refractivity contribution is -0.137. The summed E-state index contributed by atoms with van der Waals surface area (Å²) in [4.78, 5) is 24.9. The van der Waals surface area contributed by atoms with E-state index < -0.39 is 11.8 Å². The van der Waals surface area contributed by atoms with Gasteiger partial charge in [-0.1, -0.05) is 47.0 Å². The van der Waals surface area contributed by atoms with Crippen molar-refractivity contribution < 1.29 is 19.1 Å². The maximum atomic E-state index is 12.4. The van der Waals surface area contributed by atoms with E-state index in [1.54, 1.807) is 19.2 Å². The fraction of sp³-hybridized carbons (Fsp3) is 0.619. The fourth-order valence-corrected chi connectivity index (χ4v) is 2.84. The van der Waals surface area contributed by atoms with Crippen LogP contribution in [0.1, 0.15) is 58.9 Å². The lowest BCUT2D eigenvalue weighted by Crippen LogP contribution is -2.47. The van der Waals surface area contributed by atoms with Gasteiger partial charge in [0.2, 0.25) is 0 Å². The van der Waals surface area contributed by atoms with Gasteiger partial charge >= 0.3 is 11.8 Å². The summed E-state index contributed by atoms with van der Waals surface area (Å²) in [6.07, 6.45) is 4.10. The monoisotopic (exact) mass is 378 g/mol. The molecular weight excluding hydrogens is 344 g/mol. The molecule has 0 aliphatic carbocycles. The first-order chi connectivity index (χ1) is 12.6. The van der Waals surface area contributed by atoms with E-state index in [1.165, 1.54) is 7.11 Å². The maximum Gasteiger partial charge on any atom is 0.313 e. The SMILES string of the molecule is CCCCCC(NC(=O)C(=O)Nc1cc(OC)c(OC)cc1C)C(C)(C)C. The summed E-state index contributed by atoms with van der Waals surface area (Å²) in [7, 11) is 3.07. The number of amides is 2. The van der Waals surface area contributed by atoms with Gasteiger partial charge in [0.15, 0.2) is 11.5 Å². The Morgan fingerprint density at radius 2 is 1.63 bits per heavy atom. The first kappa shape index (κ1) is 22.8. The van der Waals surface area contributed by atoms with Crippen molar-refractivity contribution in [3.8, 4) is 11.5 Å². The summed E-state index contributed by atoms with van der Waals surface area (Å²) in [5, 5.41) is 5.57. The van der Waals surface area contributed by atoms with E-state index in [-0.39, 0.29) is 11.5 Å². The van der Waals surface area contributed by atoms with Gasteiger partial charge in [0.05, 0.1) is 14.2 Å². The topological polar surface area (TPSA) is 76.7 Å². The average Bonchev–Trinajstić information content (AvgIpc) is 2.61. The van der Waals surface area contributed by atoms with Crippen molar-refractivity contribution in [1.29, 1.82) is 0 Å². The Kier molecular flexibility index (Phi) is 8.60. The molecule has 0 spiro atoms. The van der Waals surface area contributed by atoms with Gasteiger partial charge in [-0.25, -0.2) is 0 Å². The molecule has 1 unspecified atom stereocenters. The van der Waals surface area contributed by atoms with Gasteiger partial charge in [0, 0.05) is 17.8 Å². The summed E-state index contributed by atoms with van der Waals surface area (Å²) in [5.41, 5.74) is 1.18. The van der Waals surface area contributed by atoms with Crippen molar-refractivity contribution in [3.63, 3.8) is 0 Å². The fourth-order valence-electron chi connectivity index (χ4n) is 2.84. The zero-order valence-corrected chi connectivity index (χ0v) is 17.7. The van der Waals surface area contributed by atoms with Crippen molar-refractivity contribution in [3.05, 3.63) is 17.7 Å². The number of hydrogen-bond acceptors (Lipinski definition) is 4. The molecule has 1 aromatic carbocycles. The number of aryl methyl sites for hydroxylation is 1. The van der Waals surface area contributed by atoms with Crippen LogP contribution >= 0.6 is 0 Å². The van der Waals surface area contributed by atoms with Gasteiger partial charge in [0.25, 0.3) is 0 Å². The number of benzene rings is 1. The number of carbonyl (C=O) groups is 2. The highest BCUT2D eigenvalue weighted by Gasteiger charge is 2.28. The van der Waals surface area contributed by atoms with Gasteiger partial charge in [-0.15, -0.1) is 0 Å². The van der Waals surface area contributed by atoms with E-state index in [2.05, 4.69) is 38.3 Å². The molecule has 6 heteroatoms. The Morgan fingerprint density at radius 1 is 1.04 bits per heavy atom. The molecule has 1 aromatic rings. The Morgan fingerprint density at radius 3 is 2.15 bits per heavy atom. The second kappa shape index (κ2) is 10.2. The van der Waals surface area contributed by atoms with Crippen LogP contribution in [0.15, 0.2) is 12.1 Å². The minimum Gasteiger partial charge on any atom is -0.493 e. The molecule has 6 nitrogen and oxygen atoms in total. The molecule has 2 N–H and O–H groups in total. The third-order valence-electron chi connectivity index (χ3n) is 4.63. The highest BCUT2D eigenvalue weighted by molar-refractivity contribution is 6.39. The van der Waals surface area contributed by atoms with Gasteiger partial charge in [-0.3, -0.25) is 9.59 Å². The number of hydrogen-bond donors (Lipinski definition) is 2. The lowest BCUT2D eigenvalue weighted by Gasteiger charge is -2.31. The third-order valence-corrected chi connectivity index (χ3v) is 4.63. The number of ether oxygens (including phenoxy) is 2. The zero-order valence-electron chi connectivity index (χ0n) is 17.7. The Bertz CT molecular complexity index is 650. The minimum absolute atomic E-state index is 0.0613. The molecule has 2 amide bonds. The molecule has 0 fully saturated rings. The number of anilines is 1. The highest BCUT2D eigenvalue weighted by atomic mass is 16.5. The largest absolute Gasteiger partial charge is 0.493 e. The van der Waals surface area contributed by atoms with Crippen LogP contribution in [0.5, 0.6) is 11.5 Å². The van der Waals surface area contributed by atoms with Crippen molar-refractivity contribution in [1.82, 2.24) is 5.32 Å². The molecule has 0 saturated heterocycles. The molecule has 152 valence electrons. The summed E-state index contributed by atoms with van der Waals surface area (Å²) >= 11 is 0. The van der Waals surface area contributed by atoms with E-state index in [1.807, 2.05) is 6.92 Å². The summed E-state index contributed by atoms with van der Waals surface area (Å²) in [6.45, 7) is 10.2. The Hall–Kier alpha value is -2.24. The lowest BCUT2D eigenvalue weighted by atomic mass is 9.83. The van der Waals surface area contributed by atoms with Crippen LogP contribution in [0, 0.1) is 12.3 Å². The standard InChI is InChI=1S/C21H34N2O4/c1-8-9-10-11-18(21(3,4)5)23-20(25)19(24)22-15-13-17(27-7)16(26-6)12-14(15)2/h12-13,18H,8-11H2,1-7H3,(H,22,24)(H,23,25). The second-order valence-electron chi connectivity index (χ2n) is 7.86. The molecule has 0 aliphatic heterocycles. The van der Waals surface area contributed by atoms with Gasteiger partial charge in [-0.05, 0) is 30.4 Å². The van der Waals surface area contributed by atoms with Crippen LogP contribution < -0.4 is 20.1 Å². The van der Waals surface area contributed by atoms with Crippen molar-refractivity contribution in [2.75, 3.05) is 19.5 Å². The first-order valence-corrected chi connectivity index (χ1v) is 9.48. The molecule has 0 heterocycles. The normalized spacial score (nSPS) is 12.3. The van der Waals surface area contributed by atoms with Gasteiger partial charge in [0.1, 0.15) is 0 Å². The van der Waals surface area contributed by atoms with Crippen molar-refractivity contribution in [2.45, 2.75) is 66.3 Å².